The lowest BCUT2D eigenvalue weighted by atomic mass is 9.96. The maximum Gasteiger partial charge on any atom is 0.150 e. The van der Waals surface area contributed by atoms with E-state index in [1.165, 1.54) is 5.57 Å². The first-order chi connectivity index (χ1) is 11.7. The minimum Gasteiger partial charge on any atom is -0.375 e. The smallest absolute Gasteiger partial charge is 0.150 e. The number of aldehydes is 1. The Labute approximate surface area is 144 Å². The van der Waals surface area contributed by atoms with Crippen molar-refractivity contribution in [1.29, 1.82) is 0 Å². The van der Waals surface area contributed by atoms with Crippen LogP contribution in [0, 0.1) is 12.3 Å². The predicted octanol–water partition coefficient (Wildman–Crippen LogP) is 4.92. The van der Waals surface area contributed by atoms with Crippen molar-refractivity contribution in [3.05, 3.63) is 65.4 Å². The molecular weight excluding hydrogens is 294 g/mol. The minimum atomic E-state index is 0.372. The molecule has 0 bridgehead atoms. The molecule has 24 heavy (non-hydrogen) atoms. The van der Waals surface area contributed by atoms with E-state index in [0.29, 0.717) is 11.6 Å². The predicted molar refractivity (Wildman–Crippen MR) is 102 cm³/mol. The number of hydrogen-bond donors (Lipinski definition) is 1. The quantitative estimate of drug-likeness (QED) is 0.643. The normalized spacial score (nSPS) is 15.8. The van der Waals surface area contributed by atoms with Gasteiger partial charge in [0.25, 0.3) is 0 Å². The largest absolute Gasteiger partial charge is 0.375 e. The average molecular weight is 317 g/mol. The molecule has 1 aliphatic rings. The Morgan fingerprint density at radius 1 is 1.08 bits per heavy atom. The molecule has 0 saturated heterocycles. The second-order valence-electron chi connectivity index (χ2n) is 5.57. The van der Waals surface area contributed by atoms with Crippen LogP contribution in [0.1, 0.15) is 43.1 Å². The van der Waals surface area contributed by atoms with Crippen molar-refractivity contribution in [2.24, 2.45) is 0 Å². The lowest BCUT2D eigenvalue weighted by Crippen LogP contribution is -2.17. The molecule has 0 spiro atoms. The highest BCUT2D eigenvalue weighted by Gasteiger charge is 2.20. The van der Waals surface area contributed by atoms with Crippen LogP contribution in [-0.2, 0) is 0 Å². The van der Waals surface area contributed by atoms with Crippen LogP contribution in [0.2, 0.25) is 0 Å². The van der Waals surface area contributed by atoms with Crippen molar-refractivity contribution in [3.63, 3.8) is 0 Å². The highest BCUT2D eigenvalue weighted by atomic mass is 16.1. The van der Waals surface area contributed by atoms with E-state index in [2.05, 4.69) is 36.4 Å². The summed E-state index contributed by atoms with van der Waals surface area (Å²) in [5, 5.41) is 3.33. The Kier molecular flexibility index (Phi) is 5.98. The van der Waals surface area contributed by atoms with E-state index < -0.39 is 0 Å². The molecule has 122 valence electrons. The molecule has 0 aromatic heterocycles. The van der Waals surface area contributed by atoms with Crippen LogP contribution in [0.15, 0.2) is 54.2 Å². The summed E-state index contributed by atoms with van der Waals surface area (Å²) in [7, 11) is 0. The molecule has 0 saturated carbocycles. The molecule has 0 radical (unpaired) electrons. The fourth-order valence-corrected chi connectivity index (χ4v) is 2.82. The Hall–Kier alpha value is -2.79. The molecule has 0 amide bonds. The van der Waals surface area contributed by atoms with E-state index in [0.717, 1.165) is 35.1 Å². The lowest BCUT2D eigenvalue weighted by molar-refractivity contribution is 0.112. The van der Waals surface area contributed by atoms with Gasteiger partial charge in [-0.25, -0.2) is 0 Å². The van der Waals surface area contributed by atoms with Crippen LogP contribution in [-0.4, -0.2) is 12.3 Å². The van der Waals surface area contributed by atoms with Crippen molar-refractivity contribution in [1.82, 2.24) is 5.32 Å². The van der Waals surface area contributed by atoms with E-state index in [-0.39, 0.29) is 0 Å². The highest BCUT2D eigenvalue weighted by molar-refractivity contribution is 5.79. The van der Waals surface area contributed by atoms with Crippen LogP contribution < -0.4 is 5.32 Å². The summed E-state index contributed by atoms with van der Waals surface area (Å²) >= 11 is 0. The van der Waals surface area contributed by atoms with Crippen molar-refractivity contribution in [2.45, 2.75) is 33.2 Å². The van der Waals surface area contributed by atoms with Gasteiger partial charge in [-0.05, 0) is 41.7 Å². The van der Waals surface area contributed by atoms with Gasteiger partial charge in [0, 0.05) is 11.6 Å². The first-order valence-electron chi connectivity index (χ1n) is 8.33. The Morgan fingerprint density at radius 3 is 2.38 bits per heavy atom. The van der Waals surface area contributed by atoms with E-state index in [1.807, 2.05) is 44.2 Å². The molecule has 1 heterocycles. The van der Waals surface area contributed by atoms with E-state index in [9.17, 15) is 4.79 Å². The fraction of sp³-hybridized carbons (Fsp3) is 0.227. The summed E-state index contributed by atoms with van der Waals surface area (Å²) in [4.78, 5) is 10.8. The first kappa shape index (κ1) is 17.6. The van der Waals surface area contributed by atoms with Gasteiger partial charge in [-0.1, -0.05) is 62.2 Å². The van der Waals surface area contributed by atoms with Gasteiger partial charge >= 0.3 is 0 Å². The van der Waals surface area contributed by atoms with E-state index >= 15 is 0 Å². The molecule has 1 aliphatic heterocycles. The lowest BCUT2D eigenvalue weighted by Gasteiger charge is -2.07. The van der Waals surface area contributed by atoms with Crippen LogP contribution in [0.5, 0.6) is 0 Å². The number of allylic oxidation sites excluding steroid dienone is 1. The summed E-state index contributed by atoms with van der Waals surface area (Å²) in [6, 6.07) is 16.3. The molecule has 0 aliphatic carbocycles. The van der Waals surface area contributed by atoms with E-state index in [1.54, 1.807) is 0 Å². The third-order valence-electron chi connectivity index (χ3n) is 3.94. The maximum atomic E-state index is 10.8. The SMILES string of the molecule is C#CC1=C(c2cccc(-c3ccc(C=O)cc3)c2)CC(C)N1.CC. The molecule has 2 nitrogen and oxygen atoms in total. The van der Waals surface area contributed by atoms with Crippen molar-refractivity contribution < 1.29 is 4.79 Å². The van der Waals surface area contributed by atoms with Crippen molar-refractivity contribution in [3.8, 4) is 23.5 Å². The molecule has 0 fully saturated rings. The molecule has 2 aromatic carbocycles. The highest BCUT2D eigenvalue weighted by Crippen LogP contribution is 2.31. The third kappa shape index (κ3) is 3.75. The Bertz CT molecular complexity index is 778. The average Bonchev–Trinajstić information content (AvgIpc) is 3.04. The topological polar surface area (TPSA) is 29.1 Å². The van der Waals surface area contributed by atoms with Gasteiger partial charge < -0.3 is 5.32 Å². The summed E-state index contributed by atoms with van der Waals surface area (Å²) in [5.74, 6) is 2.75. The summed E-state index contributed by atoms with van der Waals surface area (Å²) in [6.45, 7) is 6.13. The zero-order chi connectivity index (χ0) is 17.5. The second-order valence-corrected chi connectivity index (χ2v) is 5.57. The summed E-state index contributed by atoms with van der Waals surface area (Å²) < 4.78 is 0. The van der Waals surface area contributed by atoms with Crippen molar-refractivity contribution in [2.75, 3.05) is 0 Å². The van der Waals surface area contributed by atoms with Crippen LogP contribution in [0.4, 0.5) is 0 Å². The van der Waals surface area contributed by atoms with Crippen molar-refractivity contribution >= 4 is 11.9 Å². The van der Waals surface area contributed by atoms with Crippen LogP contribution >= 0.6 is 0 Å². The number of nitrogens with one attached hydrogen (secondary N) is 1. The van der Waals surface area contributed by atoms with Crippen LogP contribution in [0.25, 0.3) is 16.7 Å². The number of carbonyl (C=O) groups is 1. The van der Waals surface area contributed by atoms with Gasteiger partial charge in [-0.15, -0.1) is 6.42 Å². The Balaban J connectivity index is 0.00000100. The maximum absolute atomic E-state index is 10.8. The van der Waals surface area contributed by atoms with Gasteiger partial charge in [0.15, 0.2) is 0 Å². The fourth-order valence-electron chi connectivity index (χ4n) is 2.82. The first-order valence-corrected chi connectivity index (χ1v) is 8.33. The Morgan fingerprint density at radius 2 is 1.75 bits per heavy atom. The number of benzene rings is 2. The number of rotatable bonds is 3. The van der Waals surface area contributed by atoms with Gasteiger partial charge in [0.05, 0.1) is 5.70 Å². The minimum absolute atomic E-state index is 0.372. The van der Waals surface area contributed by atoms with Gasteiger partial charge in [-0.3, -0.25) is 4.79 Å². The number of carbonyl (C=O) groups excluding carboxylic acids is 1. The molecule has 1 atom stereocenters. The summed E-state index contributed by atoms with van der Waals surface area (Å²) in [6.07, 6.45) is 7.40. The van der Waals surface area contributed by atoms with Crippen LogP contribution in [0.3, 0.4) is 0 Å². The zero-order valence-corrected chi connectivity index (χ0v) is 14.5. The third-order valence-corrected chi connectivity index (χ3v) is 3.94. The van der Waals surface area contributed by atoms with Gasteiger partial charge in [0.1, 0.15) is 6.29 Å². The molecule has 3 rings (SSSR count). The number of terminal acetylenes is 1. The van der Waals surface area contributed by atoms with Gasteiger partial charge in [0.2, 0.25) is 0 Å². The zero-order valence-electron chi connectivity index (χ0n) is 14.5. The molecule has 2 aromatic rings. The summed E-state index contributed by atoms with van der Waals surface area (Å²) in [5.41, 5.74) is 6.14. The molecule has 2 heteroatoms. The number of hydrogen-bond acceptors (Lipinski definition) is 2. The monoisotopic (exact) mass is 317 g/mol. The molecular formula is C22H23NO. The standard InChI is InChI=1S/C20H17NO.C2H6/c1-3-20-19(11-14(2)21-20)18-6-4-5-17(12-18)16-9-7-15(13-22)8-10-16;1-2/h1,4-10,12-14,21H,11H2,2H3;1-2H3. The molecule has 1 N–H and O–H groups in total. The molecule has 1 unspecified atom stereocenters. The second kappa shape index (κ2) is 8.17. The van der Waals surface area contributed by atoms with Gasteiger partial charge in [-0.2, -0.15) is 0 Å². The van der Waals surface area contributed by atoms with E-state index in [4.69, 9.17) is 6.42 Å².